The fraction of sp³-hybridized carbons (Fsp3) is 0.333. The first-order valence-electron chi connectivity index (χ1n) is 8.17. The van der Waals surface area contributed by atoms with Crippen LogP contribution in [0.5, 0.6) is 0 Å². The van der Waals surface area contributed by atoms with E-state index in [0.29, 0.717) is 29.1 Å². The Balaban J connectivity index is 2.22. The van der Waals surface area contributed by atoms with Crippen LogP contribution < -0.4 is 4.90 Å². The van der Waals surface area contributed by atoms with Crippen molar-refractivity contribution in [2.75, 3.05) is 18.6 Å². The summed E-state index contributed by atoms with van der Waals surface area (Å²) in [6, 6.07) is 6.65. The Kier molecular flexibility index (Phi) is 4.39. The summed E-state index contributed by atoms with van der Waals surface area (Å²) in [7, 11) is 1.83. The van der Waals surface area contributed by atoms with Crippen molar-refractivity contribution in [3.63, 3.8) is 0 Å². The minimum Gasteiger partial charge on any atom is -0.462 e. The maximum absolute atomic E-state index is 12.0. The van der Waals surface area contributed by atoms with E-state index in [1.54, 1.807) is 19.1 Å². The van der Waals surface area contributed by atoms with Crippen LogP contribution in [0.2, 0.25) is 0 Å². The number of nitrogens with zero attached hydrogens (tertiary/aromatic N) is 3. The summed E-state index contributed by atoms with van der Waals surface area (Å²) in [6.45, 7) is 4.05. The molecule has 7 nitrogen and oxygen atoms in total. The average Bonchev–Trinajstić information content (AvgIpc) is 2.61. The highest BCUT2D eigenvalue weighted by Gasteiger charge is 2.34. The van der Waals surface area contributed by atoms with Gasteiger partial charge in [0.2, 0.25) is 0 Å². The van der Waals surface area contributed by atoms with Crippen molar-refractivity contribution in [2.45, 2.75) is 26.3 Å². The molecule has 1 aliphatic heterocycles. The van der Waals surface area contributed by atoms with Crippen molar-refractivity contribution in [2.24, 2.45) is 0 Å². The number of nitro groups is 1. The van der Waals surface area contributed by atoms with E-state index in [0.717, 1.165) is 12.0 Å². The standard InChI is InChI=1S/C18H19N3O4/c1-4-14-13-9-11(18(22)25-5-2)10-19-16(13)12-7-6-8-15(21(23)24)17(12)20(14)3/h6-10,14H,4-5H2,1-3H3. The van der Waals surface area contributed by atoms with Crippen molar-refractivity contribution in [3.8, 4) is 11.3 Å². The summed E-state index contributed by atoms with van der Waals surface area (Å²) in [5, 5.41) is 11.4. The molecule has 1 aromatic heterocycles. The molecule has 2 heterocycles. The minimum atomic E-state index is -0.417. The Labute approximate surface area is 145 Å². The highest BCUT2D eigenvalue weighted by Crippen LogP contribution is 2.48. The van der Waals surface area contributed by atoms with E-state index in [1.807, 2.05) is 24.9 Å². The summed E-state index contributed by atoms with van der Waals surface area (Å²) < 4.78 is 5.05. The molecule has 1 unspecified atom stereocenters. The summed E-state index contributed by atoms with van der Waals surface area (Å²) in [4.78, 5) is 29.4. The van der Waals surface area contributed by atoms with Gasteiger partial charge < -0.3 is 9.64 Å². The van der Waals surface area contributed by atoms with Crippen LogP contribution in [0.1, 0.15) is 42.2 Å². The number of hydrogen-bond donors (Lipinski definition) is 0. The maximum Gasteiger partial charge on any atom is 0.339 e. The number of nitro benzene ring substituents is 1. The average molecular weight is 341 g/mol. The van der Waals surface area contributed by atoms with Crippen molar-refractivity contribution in [1.82, 2.24) is 4.98 Å². The topological polar surface area (TPSA) is 85.6 Å². The number of anilines is 1. The van der Waals surface area contributed by atoms with E-state index in [2.05, 4.69) is 4.98 Å². The van der Waals surface area contributed by atoms with Gasteiger partial charge in [-0.2, -0.15) is 0 Å². The van der Waals surface area contributed by atoms with Gasteiger partial charge in [-0.15, -0.1) is 0 Å². The van der Waals surface area contributed by atoms with Crippen LogP contribution in [0, 0.1) is 10.1 Å². The van der Waals surface area contributed by atoms with Gasteiger partial charge in [0.15, 0.2) is 0 Å². The van der Waals surface area contributed by atoms with Crippen LogP contribution >= 0.6 is 0 Å². The number of para-hydroxylation sites is 1. The predicted molar refractivity (Wildman–Crippen MR) is 93.7 cm³/mol. The maximum atomic E-state index is 12.0. The van der Waals surface area contributed by atoms with Gasteiger partial charge in [-0.3, -0.25) is 15.1 Å². The zero-order chi connectivity index (χ0) is 18.1. The Bertz CT molecular complexity index is 850. The van der Waals surface area contributed by atoms with E-state index in [9.17, 15) is 14.9 Å². The van der Waals surface area contributed by atoms with Gasteiger partial charge in [0.05, 0.1) is 28.8 Å². The number of hydrogen-bond acceptors (Lipinski definition) is 6. The van der Waals surface area contributed by atoms with E-state index in [-0.39, 0.29) is 16.7 Å². The van der Waals surface area contributed by atoms with Crippen LogP contribution in [0.4, 0.5) is 11.4 Å². The molecule has 1 aromatic carbocycles. The van der Waals surface area contributed by atoms with Gasteiger partial charge >= 0.3 is 5.97 Å². The van der Waals surface area contributed by atoms with Gasteiger partial charge in [0.25, 0.3) is 5.69 Å². The number of carbonyl (C=O) groups is 1. The van der Waals surface area contributed by atoms with Gasteiger partial charge in [-0.25, -0.2) is 4.79 Å². The van der Waals surface area contributed by atoms with E-state index >= 15 is 0 Å². The number of carbonyl (C=O) groups excluding carboxylic acids is 1. The number of rotatable bonds is 4. The highest BCUT2D eigenvalue weighted by molar-refractivity contribution is 5.92. The number of fused-ring (bicyclic) bond motifs is 3. The first-order valence-corrected chi connectivity index (χ1v) is 8.17. The molecule has 1 atom stereocenters. The quantitative estimate of drug-likeness (QED) is 0.478. The Morgan fingerprint density at radius 2 is 2.16 bits per heavy atom. The molecule has 0 N–H and O–H groups in total. The normalized spacial score (nSPS) is 15.3. The van der Waals surface area contributed by atoms with Crippen LogP contribution in [-0.4, -0.2) is 29.5 Å². The van der Waals surface area contributed by atoms with Crippen LogP contribution in [-0.2, 0) is 4.74 Å². The molecule has 0 bridgehead atoms. The third-order valence-corrected chi connectivity index (χ3v) is 4.46. The van der Waals surface area contributed by atoms with Gasteiger partial charge in [-0.1, -0.05) is 19.1 Å². The van der Waals surface area contributed by atoms with Crippen molar-refractivity contribution >= 4 is 17.3 Å². The lowest BCUT2D eigenvalue weighted by molar-refractivity contribution is -0.384. The summed E-state index contributed by atoms with van der Waals surface area (Å²) in [5.41, 5.74) is 3.26. The molecule has 1 aliphatic rings. The molecule has 0 saturated heterocycles. The van der Waals surface area contributed by atoms with Crippen LogP contribution in [0.3, 0.4) is 0 Å². The molecule has 0 fully saturated rings. The lowest BCUT2D eigenvalue weighted by Gasteiger charge is -2.36. The monoisotopic (exact) mass is 341 g/mol. The molecule has 0 amide bonds. The molecule has 0 saturated carbocycles. The first kappa shape index (κ1) is 16.9. The number of ether oxygens (including phenoxy) is 1. The summed E-state index contributed by atoms with van der Waals surface area (Å²) >= 11 is 0. The van der Waals surface area contributed by atoms with Crippen molar-refractivity contribution in [1.29, 1.82) is 0 Å². The third-order valence-electron chi connectivity index (χ3n) is 4.46. The molecule has 2 aromatic rings. The fourth-order valence-electron chi connectivity index (χ4n) is 3.39. The summed E-state index contributed by atoms with van der Waals surface area (Å²) in [5.74, 6) is -0.417. The zero-order valence-electron chi connectivity index (χ0n) is 14.4. The molecule has 0 aliphatic carbocycles. The van der Waals surface area contributed by atoms with Gasteiger partial charge in [0, 0.05) is 30.4 Å². The third kappa shape index (κ3) is 2.71. The Morgan fingerprint density at radius 1 is 1.40 bits per heavy atom. The lowest BCUT2D eigenvalue weighted by atomic mass is 9.89. The fourth-order valence-corrected chi connectivity index (χ4v) is 3.39. The molecular formula is C18H19N3O4. The Morgan fingerprint density at radius 3 is 2.80 bits per heavy atom. The summed E-state index contributed by atoms with van der Waals surface area (Å²) in [6.07, 6.45) is 2.19. The lowest BCUT2D eigenvalue weighted by Crippen LogP contribution is -2.29. The number of esters is 1. The second kappa shape index (κ2) is 6.51. The molecule has 3 rings (SSSR count). The molecule has 0 spiro atoms. The smallest absolute Gasteiger partial charge is 0.339 e. The van der Waals surface area contributed by atoms with Crippen molar-refractivity contribution < 1.29 is 14.5 Å². The Hall–Kier alpha value is -2.96. The van der Waals surface area contributed by atoms with E-state index in [1.165, 1.54) is 12.3 Å². The second-order valence-corrected chi connectivity index (χ2v) is 5.85. The predicted octanol–water partition coefficient (Wildman–Crippen LogP) is 3.73. The molecule has 130 valence electrons. The minimum absolute atomic E-state index is 0.0559. The van der Waals surface area contributed by atoms with E-state index < -0.39 is 5.97 Å². The molecule has 0 radical (unpaired) electrons. The molecular weight excluding hydrogens is 322 g/mol. The molecule has 25 heavy (non-hydrogen) atoms. The highest BCUT2D eigenvalue weighted by atomic mass is 16.6. The van der Waals surface area contributed by atoms with Gasteiger partial charge in [0.1, 0.15) is 5.69 Å². The first-order chi connectivity index (χ1) is 12.0. The van der Waals surface area contributed by atoms with Crippen LogP contribution in [0.25, 0.3) is 11.3 Å². The largest absolute Gasteiger partial charge is 0.462 e. The van der Waals surface area contributed by atoms with E-state index in [4.69, 9.17) is 4.74 Å². The SMILES string of the molecule is CCOC(=O)c1cnc2c(c1)C(CC)N(C)c1c-2cccc1[N+](=O)[O-]. The number of aromatic nitrogens is 1. The number of pyridine rings is 1. The zero-order valence-corrected chi connectivity index (χ0v) is 14.4. The van der Waals surface area contributed by atoms with Crippen molar-refractivity contribution in [3.05, 3.63) is 51.7 Å². The molecule has 7 heteroatoms. The second-order valence-electron chi connectivity index (χ2n) is 5.85. The van der Waals surface area contributed by atoms with Gasteiger partial charge in [-0.05, 0) is 19.4 Å². The number of benzene rings is 1. The van der Waals surface area contributed by atoms with Crippen LogP contribution in [0.15, 0.2) is 30.5 Å².